The van der Waals surface area contributed by atoms with E-state index in [1.165, 1.54) is 0 Å². The first-order valence-corrected chi connectivity index (χ1v) is 9.01. The van der Waals surface area contributed by atoms with Gasteiger partial charge in [-0.15, -0.1) is 0 Å². The summed E-state index contributed by atoms with van der Waals surface area (Å²) in [5.74, 6) is 0.995. The number of aliphatic imine (C=N–C) groups is 2. The number of benzene rings is 2. The number of pyridine rings is 1. The number of aromatic nitrogens is 1. The van der Waals surface area contributed by atoms with Crippen molar-refractivity contribution >= 4 is 34.0 Å². The van der Waals surface area contributed by atoms with E-state index >= 15 is 0 Å². The molecule has 138 valence electrons. The molecule has 0 saturated heterocycles. The van der Waals surface area contributed by atoms with Gasteiger partial charge >= 0.3 is 0 Å². The molecule has 1 heterocycles. The van der Waals surface area contributed by atoms with Crippen molar-refractivity contribution in [2.75, 3.05) is 0 Å². The first-order valence-electron chi connectivity index (χ1n) is 8.63. The van der Waals surface area contributed by atoms with Gasteiger partial charge in [-0.3, -0.25) is 14.4 Å². The lowest BCUT2D eigenvalue weighted by molar-refractivity contribution is 0.735. The van der Waals surface area contributed by atoms with Crippen LogP contribution < -0.4 is 11.3 Å². The Kier molecular flexibility index (Phi) is 5.42. The highest BCUT2D eigenvalue weighted by Gasteiger charge is 2.17. The van der Waals surface area contributed by atoms with Gasteiger partial charge in [0.25, 0.3) is 5.56 Å². The minimum atomic E-state index is -0.301. The Bertz CT molecular complexity index is 1100. The molecule has 0 fully saturated rings. The van der Waals surface area contributed by atoms with E-state index in [0.717, 1.165) is 16.8 Å². The summed E-state index contributed by atoms with van der Waals surface area (Å²) in [6.07, 6.45) is 0. The SMILES string of the molecule is CC(N)=NC(C)=NC(C)c1cc2cccc(Cl)c2c(=O)n1-c1ccccc1. The summed E-state index contributed by atoms with van der Waals surface area (Å²) in [5.41, 5.74) is 6.99. The minimum Gasteiger partial charge on any atom is -0.387 e. The predicted octanol–water partition coefficient (Wildman–Crippen LogP) is 4.50. The summed E-state index contributed by atoms with van der Waals surface area (Å²) < 4.78 is 1.66. The summed E-state index contributed by atoms with van der Waals surface area (Å²) in [7, 11) is 0. The molecule has 0 bridgehead atoms. The normalized spacial score (nSPS) is 13.8. The van der Waals surface area contributed by atoms with E-state index in [1.807, 2.05) is 55.5 Å². The fourth-order valence-corrected chi connectivity index (χ4v) is 3.38. The van der Waals surface area contributed by atoms with Crippen molar-refractivity contribution < 1.29 is 0 Å². The van der Waals surface area contributed by atoms with E-state index in [1.54, 1.807) is 24.5 Å². The third kappa shape index (κ3) is 3.93. The number of nitrogens with zero attached hydrogens (tertiary/aromatic N) is 3. The maximum Gasteiger partial charge on any atom is 0.264 e. The summed E-state index contributed by atoms with van der Waals surface area (Å²) in [4.78, 5) is 22.1. The number of hydrogen-bond acceptors (Lipinski definition) is 2. The molecule has 0 aliphatic carbocycles. The van der Waals surface area contributed by atoms with Crippen molar-refractivity contribution in [2.45, 2.75) is 26.8 Å². The molecule has 0 aliphatic rings. The number of rotatable bonds is 3. The van der Waals surface area contributed by atoms with Crippen LogP contribution in [0.15, 0.2) is 69.4 Å². The number of halogens is 1. The second kappa shape index (κ2) is 7.76. The van der Waals surface area contributed by atoms with Gasteiger partial charge in [-0.1, -0.05) is 41.9 Å². The van der Waals surface area contributed by atoms with Gasteiger partial charge in [0.05, 0.1) is 28.0 Å². The molecule has 3 rings (SSSR count). The predicted molar refractivity (Wildman–Crippen MR) is 113 cm³/mol. The van der Waals surface area contributed by atoms with Crippen molar-refractivity contribution in [2.24, 2.45) is 15.7 Å². The van der Waals surface area contributed by atoms with Gasteiger partial charge in [0.2, 0.25) is 0 Å². The molecule has 0 radical (unpaired) electrons. The van der Waals surface area contributed by atoms with Crippen LogP contribution in [0.5, 0.6) is 0 Å². The van der Waals surface area contributed by atoms with E-state index in [4.69, 9.17) is 17.3 Å². The molecule has 0 spiro atoms. The van der Waals surface area contributed by atoms with Crippen molar-refractivity contribution in [3.63, 3.8) is 0 Å². The van der Waals surface area contributed by atoms with Crippen LogP contribution in [0.3, 0.4) is 0 Å². The number of fused-ring (bicyclic) bond motifs is 1. The zero-order valence-electron chi connectivity index (χ0n) is 15.5. The third-order valence-electron chi connectivity index (χ3n) is 4.19. The summed E-state index contributed by atoms with van der Waals surface area (Å²) in [5, 5.41) is 1.72. The molecular formula is C21H21ClN4O. The summed E-state index contributed by atoms with van der Waals surface area (Å²) >= 11 is 6.32. The summed E-state index contributed by atoms with van der Waals surface area (Å²) in [6.45, 7) is 5.42. The smallest absolute Gasteiger partial charge is 0.264 e. The van der Waals surface area contributed by atoms with Crippen molar-refractivity contribution in [1.82, 2.24) is 4.57 Å². The molecule has 0 amide bonds. The molecule has 1 aromatic heterocycles. The summed E-state index contributed by atoms with van der Waals surface area (Å²) in [6, 6.07) is 16.6. The van der Waals surface area contributed by atoms with Crippen molar-refractivity contribution in [1.29, 1.82) is 0 Å². The van der Waals surface area contributed by atoms with Crippen molar-refractivity contribution in [3.8, 4) is 5.69 Å². The molecule has 5 nitrogen and oxygen atoms in total. The fraction of sp³-hybridized carbons (Fsp3) is 0.190. The molecule has 3 aromatic rings. The molecular weight excluding hydrogens is 360 g/mol. The van der Waals surface area contributed by atoms with E-state index in [2.05, 4.69) is 9.98 Å². The molecule has 0 saturated carbocycles. The second-order valence-electron chi connectivity index (χ2n) is 6.35. The highest BCUT2D eigenvalue weighted by Crippen LogP contribution is 2.26. The Morgan fingerprint density at radius 1 is 1.11 bits per heavy atom. The second-order valence-corrected chi connectivity index (χ2v) is 6.76. The number of para-hydroxylation sites is 1. The van der Waals surface area contributed by atoms with Crippen LogP contribution in [-0.4, -0.2) is 16.2 Å². The highest BCUT2D eigenvalue weighted by molar-refractivity contribution is 6.35. The van der Waals surface area contributed by atoms with Crippen LogP contribution in [0.4, 0.5) is 0 Å². The largest absolute Gasteiger partial charge is 0.387 e. The van der Waals surface area contributed by atoms with Gasteiger partial charge in [-0.05, 0) is 50.4 Å². The lowest BCUT2D eigenvalue weighted by Crippen LogP contribution is -2.23. The van der Waals surface area contributed by atoms with Crippen LogP contribution in [-0.2, 0) is 0 Å². The molecule has 27 heavy (non-hydrogen) atoms. The van der Waals surface area contributed by atoms with Crippen LogP contribution in [0.2, 0.25) is 5.02 Å². The van der Waals surface area contributed by atoms with Gasteiger partial charge in [-0.25, -0.2) is 4.99 Å². The number of nitrogens with two attached hydrogens (primary N) is 1. The number of amidine groups is 2. The lowest BCUT2D eigenvalue weighted by Gasteiger charge is -2.18. The maximum absolute atomic E-state index is 13.3. The van der Waals surface area contributed by atoms with Crippen LogP contribution in [0.25, 0.3) is 16.5 Å². The first-order chi connectivity index (χ1) is 12.9. The van der Waals surface area contributed by atoms with Gasteiger partial charge in [0, 0.05) is 5.69 Å². The van der Waals surface area contributed by atoms with Gasteiger partial charge < -0.3 is 5.73 Å². The minimum absolute atomic E-state index is 0.169. The topological polar surface area (TPSA) is 72.7 Å². The Morgan fingerprint density at radius 3 is 2.48 bits per heavy atom. The number of hydrogen-bond donors (Lipinski definition) is 1. The highest BCUT2D eigenvalue weighted by atomic mass is 35.5. The van der Waals surface area contributed by atoms with Gasteiger partial charge in [-0.2, -0.15) is 0 Å². The Balaban J connectivity index is 2.31. The first kappa shape index (κ1) is 18.9. The quantitative estimate of drug-likeness (QED) is 0.536. The molecule has 2 aromatic carbocycles. The van der Waals surface area contributed by atoms with Gasteiger partial charge in [0.15, 0.2) is 0 Å². The van der Waals surface area contributed by atoms with Crippen LogP contribution >= 0.6 is 11.6 Å². The average molecular weight is 381 g/mol. The van der Waals surface area contributed by atoms with Gasteiger partial charge in [0.1, 0.15) is 5.84 Å². The zero-order valence-corrected chi connectivity index (χ0v) is 16.2. The zero-order chi connectivity index (χ0) is 19.6. The molecule has 2 N–H and O–H groups in total. The third-order valence-corrected chi connectivity index (χ3v) is 4.50. The van der Waals surface area contributed by atoms with E-state index < -0.39 is 0 Å². The molecule has 1 unspecified atom stereocenters. The van der Waals surface area contributed by atoms with E-state index in [9.17, 15) is 4.79 Å². The standard InChI is InChI=1S/C21H21ClN4O/c1-13(24-15(3)25-14(2)23)19-12-16-8-7-11-18(22)20(16)21(27)26(19)17-9-5-4-6-10-17/h4-13H,1-3H3,(H2,23,24,25). The Morgan fingerprint density at radius 2 is 1.81 bits per heavy atom. The molecule has 6 heteroatoms. The molecule has 0 aliphatic heterocycles. The van der Waals surface area contributed by atoms with E-state index in [0.29, 0.717) is 22.1 Å². The Labute approximate surface area is 162 Å². The monoisotopic (exact) mass is 380 g/mol. The lowest BCUT2D eigenvalue weighted by atomic mass is 10.1. The van der Waals surface area contributed by atoms with E-state index in [-0.39, 0.29) is 11.6 Å². The van der Waals surface area contributed by atoms with Crippen LogP contribution in [0, 0.1) is 0 Å². The average Bonchev–Trinajstić information content (AvgIpc) is 2.61. The maximum atomic E-state index is 13.3. The van der Waals surface area contributed by atoms with Crippen LogP contribution in [0.1, 0.15) is 32.5 Å². The fourth-order valence-electron chi connectivity index (χ4n) is 3.12. The van der Waals surface area contributed by atoms with Crippen molar-refractivity contribution in [3.05, 3.63) is 75.7 Å². The Hall–Kier alpha value is -2.92. The molecule has 1 atom stereocenters.